The van der Waals surface area contributed by atoms with E-state index >= 15 is 0 Å². The second-order valence-corrected chi connectivity index (χ2v) is 4.55. The van der Waals surface area contributed by atoms with Gasteiger partial charge in [-0.05, 0) is 24.3 Å². The zero-order valence-electron chi connectivity index (χ0n) is 8.84. The molecule has 0 aliphatic heterocycles. The Morgan fingerprint density at radius 1 is 0.824 bits per heavy atom. The number of hydrogen-bond acceptors (Lipinski definition) is 3. The van der Waals surface area contributed by atoms with Crippen LogP contribution in [0.3, 0.4) is 0 Å². The van der Waals surface area contributed by atoms with Gasteiger partial charge in [-0.2, -0.15) is 0 Å². The molecule has 0 atom stereocenters. The molecule has 0 aliphatic rings. The number of nitrogens with zero attached hydrogens (tertiary/aromatic N) is 3. The molecule has 3 aromatic rings. The third-order valence-corrected chi connectivity index (χ3v) is 2.94. The lowest BCUT2D eigenvalue weighted by Crippen LogP contribution is -1.93. The van der Waals surface area contributed by atoms with Gasteiger partial charge in [-0.15, -0.1) is 10.2 Å². The summed E-state index contributed by atoms with van der Waals surface area (Å²) in [6.07, 6.45) is 0. The predicted octanol–water partition coefficient (Wildman–Crippen LogP) is 3.45. The minimum absolute atomic E-state index is 0.644. The summed E-state index contributed by atoms with van der Waals surface area (Å²) < 4.78 is 1.01. The van der Waals surface area contributed by atoms with E-state index in [0.29, 0.717) is 5.82 Å². The number of aromatic nitrogens is 3. The summed E-state index contributed by atoms with van der Waals surface area (Å²) in [6.45, 7) is 0. The maximum absolute atomic E-state index is 4.49. The van der Waals surface area contributed by atoms with Gasteiger partial charge in [0.1, 0.15) is 5.52 Å². The molecule has 0 amide bonds. The highest BCUT2D eigenvalue weighted by Crippen LogP contribution is 2.20. The van der Waals surface area contributed by atoms with E-state index in [9.17, 15) is 0 Å². The van der Waals surface area contributed by atoms with Crippen LogP contribution < -0.4 is 0 Å². The maximum Gasteiger partial charge on any atom is 0.182 e. The van der Waals surface area contributed by atoms with Gasteiger partial charge in [0.2, 0.25) is 0 Å². The van der Waals surface area contributed by atoms with Crippen LogP contribution in [0.15, 0.2) is 53.0 Å². The van der Waals surface area contributed by atoms with Crippen molar-refractivity contribution in [1.29, 1.82) is 0 Å². The molecule has 1 aromatic heterocycles. The molecule has 3 nitrogen and oxygen atoms in total. The highest BCUT2D eigenvalue weighted by atomic mass is 79.9. The highest BCUT2D eigenvalue weighted by molar-refractivity contribution is 9.10. The van der Waals surface area contributed by atoms with Gasteiger partial charge in [0.25, 0.3) is 0 Å². The van der Waals surface area contributed by atoms with Gasteiger partial charge < -0.3 is 0 Å². The van der Waals surface area contributed by atoms with Crippen LogP contribution in [0.25, 0.3) is 22.4 Å². The first-order valence-electron chi connectivity index (χ1n) is 5.18. The summed E-state index contributed by atoms with van der Waals surface area (Å²) in [5.74, 6) is 0.644. The van der Waals surface area contributed by atoms with Crippen LogP contribution in [0.2, 0.25) is 0 Å². The SMILES string of the molecule is Brc1cccc(-c2nnc3ccccc3n2)c1. The highest BCUT2D eigenvalue weighted by Gasteiger charge is 2.04. The fourth-order valence-electron chi connectivity index (χ4n) is 1.63. The van der Waals surface area contributed by atoms with Crippen molar-refractivity contribution in [3.63, 3.8) is 0 Å². The smallest absolute Gasteiger partial charge is 0.182 e. The van der Waals surface area contributed by atoms with Gasteiger partial charge in [-0.3, -0.25) is 0 Å². The van der Waals surface area contributed by atoms with Crippen molar-refractivity contribution in [2.24, 2.45) is 0 Å². The quantitative estimate of drug-likeness (QED) is 0.687. The Balaban J connectivity index is 2.18. The van der Waals surface area contributed by atoms with Gasteiger partial charge in [0, 0.05) is 10.0 Å². The molecule has 0 bridgehead atoms. The van der Waals surface area contributed by atoms with Crippen molar-refractivity contribution in [3.8, 4) is 11.4 Å². The Kier molecular flexibility index (Phi) is 2.57. The number of para-hydroxylation sites is 1. The van der Waals surface area contributed by atoms with Crippen LogP contribution in [0.5, 0.6) is 0 Å². The summed E-state index contributed by atoms with van der Waals surface area (Å²) in [5, 5.41) is 8.30. The molecule has 0 spiro atoms. The van der Waals surface area contributed by atoms with Crippen LogP contribution in [-0.2, 0) is 0 Å². The van der Waals surface area contributed by atoms with Crippen molar-refractivity contribution in [3.05, 3.63) is 53.0 Å². The second kappa shape index (κ2) is 4.22. The Hall–Kier alpha value is -1.81. The minimum atomic E-state index is 0.644. The molecule has 0 saturated heterocycles. The predicted molar refractivity (Wildman–Crippen MR) is 70.5 cm³/mol. The number of hydrogen-bond donors (Lipinski definition) is 0. The number of fused-ring (bicyclic) bond motifs is 1. The molecule has 0 unspecified atom stereocenters. The fraction of sp³-hybridized carbons (Fsp3) is 0. The molecule has 2 aromatic carbocycles. The van der Waals surface area contributed by atoms with Crippen LogP contribution in [-0.4, -0.2) is 15.2 Å². The van der Waals surface area contributed by atoms with Crippen molar-refractivity contribution >= 4 is 27.0 Å². The van der Waals surface area contributed by atoms with Gasteiger partial charge >= 0.3 is 0 Å². The van der Waals surface area contributed by atoms with E-state index in [1.807, 2.05) is 48.5 Å². The number of rotatable bonds is 1. The lowest BCUT2D eigenvalue weighted by Gasteiger charge is -2.01. The monoisotopic (exact) mass is 285 g/mol. The molecule has 1 heterocycles. The van der Waals surface area contributed by atoms with Crippen molar-refractivity contribution in [1.82, 2.24) is 15.2 Å². The zero-order valence-corrected chi connectivity index (χ0v) is 10.4. The molecule has 17 heavy (non-hydrogen) atoms. The Morgan fingerprint density at radius 2 is 1.65 bits per heavy atom. The lowest BCUT2D eigenvalue weighted by atomic mass is 10.2. The van der Waals surface area contributed by atoms with Gasteiger partial charge in [-0.1, -0.05) is 40.2 Å². The summed E-state index contributed by atoms with van der Waals surface area (Å²) in [5.41, 5.74) is 2.63. The van der Waals surface area contributed by atoms with E-state index < -0.39 is 0 Å². The van der Waals surface area contributed by atoms with Crippen LogP contribution >= 0.6 is 15.9 Å². The van der Waals surface area contributed by atoms with E-state index in [2.05, 4.69) is 31.1 Å². The zero-order chi connectivity index (χ0) is 11.7. The average Bonchev–Trinajstić information content (AvgIpc) is 2.38. The largest absolute Gasteiger partial charge is 0.225 e. The number of benzene rings is 2. The van der Waals surface area contributed by atoms with Crippen molar-refractivity contribution in [2.75, 3.05) is 0 Å². The lowest BCUT2D eigenvalue weighted by molar-refractivity contribution is 1.03. The molecule has 82 valence electrons. The van der Waals surface area contributed by atoms with Gasteiger partial charge in [0.15, 0.2) is 5.82 Å². The summed E-state index contributed by atoms with van der Waals surface area (Å²) in [6, 6.07) is 15.6. The molecule has 3 rings (SSSR count). The third-order valence-electron chi connectivity index (χ3n) is 2.44. The van der Waals surface area contributed by atoms with E-state index in [0.717, 1.165) is 21.1 Å². The van der Waals surface area contributed by atoms with Crippen molar-refractivity contribution < 1.29 is 0 Å². The molecule has 0 fully saturated rings. The molecule has 0 radical (unpaired) electrons. The molecular weight excluding hydrogens is 278 g/mol. The first-order valence-corrected chi connectivity index (χ1v) is 5.98. The Bertz CT molecular complexity index is 682. The van der Waals surface area contributed by atoms with E-state index in [1.54, 1.807) is 0 Å². The normalized spacial score (nSPS) is 10.6. The first-order chi connectivity index (χ1) is 8.33. The van der Waals surface area contributed by atoms with Crippen LogP contribution in [0.4, 0.5) is 0 Å². The minimum Gasteiger partial charge on any atom is -0.225 e. The Labute approximate surface area is 107 Å². The van der Waals surface area contributed by atoms with Crippen LogP contribution in [0.1, 0.15) is 0 Å². The molecular formula is C13H8BrN3. The van der Waals surface area contributed by atoms with E-state index in [1.165, 1.54) is 0 Å². The van der Waals surface area contributed by atoms with Gasteiger partial charge in [0.05, 0.1) is 5.52 Å². The third kappa shape index (κ3) is 2.03. The second-order valence-electron chi connectivity index (χ2n) is 3.63. The first kappa shape index (κ1) is 10.4. The molecule has 0 N–H and O–H groups in total. The molecule has 0 aliphatic carbocycles. The molecule has 0 saturated carbocycles. The maximum atomic E-state index is 4.49. The summed E-state index contributed by atoms with van der Waals surface area (Å²) in [4.78, 5) is 4.49. The number of halogens is 1. The average molecular weight is 286 g/mol. The summed E-state index contributed by atoms with van der Waals surface area (Å²) >= 11 is 3.43. The van der Waals surface area contributed by atoms with E-state index in [-0.39, 0.29) is 0 Å². The molecule has 4 heteroatoms. The standard InChI is InChI=1S/C13H8BrN3/c14-10-5-3-4-9(8-10)13-15-11-6-1-2-7-12(11)16-17-13/h1-8H. The Morgan fingerprint density at radius 3 is 2.47 bits per heavy atom. The van der Waals surface area contributed by atoms with Crippen molar-refractivity contribution in [2.45, 2.75) is 0 Å². The van der Waals surface area contributed by atoms with E-state index in [4.69, 9.17) is 0 Å². The topological polar surface area (TPSA) is 38.7 Å². The van der Waals surface area contributed by atoms with Crippen LogP contribution in [0, 0.1) is 0 Å². The van der Waals surface area contributed by atoms with Gasteiger partial charge in [-0.25, -0.2) is 4.98 Å². The fourth-order valence-corrected chi connectivity index (χ4v) is 2.03. The summed E-state index contributed by atoms with van der Waals surface area (Å²) in [7, 11) is 0.